The summed E-state index contributed by atoms with van der Waals surface area (Å²) in [4.78, 5) is 16.7. The molecular formula is C27H24F2N6O. The molecule has 2 atom stereocenters. The Labute approximate surface area is 206 Å². The van der Waals surface area contributed by atoms with E-state index >= 15 is 0 Å². The lowest BCUT2D eigenvalue weighted by Gasteiger charge is -2.56. The molecular weight excluding hydrogens is 462 g/mol. The number of pyridine rings is 2. The van der Waals surface area contributed by atoms with Crippen molar-refractivity contribution in [3.8, 4) is 22.9 Å². The molecule has 2 N–H and O–H groups in total. The highest BCUT2D eigenvalue weighted by molar-refractivity contribution is 5.96. The largest absolute Gasteiger partial charge is 0.508 e. The molecule has 36 heavy (non-hydrogen) atoms. The van der Waals surface area contributed by atoms with E-state index in [-0.39, 0.29) is 18.0 Å². The summed E-state index contributed by atoms with van der Waals surface area (Å²) in [5, 5.41) is 20.5. The third kappa shape index (κ3) is 3.84. The van der Waals surface area contributed by atoms with Gasteiger partial charge in [-0.1, -0.05) is 0 Å². The van der Waals surface area contributed by atoms with Crippen LogP contribution in [-0.4, -0.2) is 56.8 Å². The SMILES string of the molecule is N#Cc1cnc2[nH]c(CCF)cc2c1-c1ccc(N2CC3CC(C2)N3Cc2cc(F)ccc2O)nc1. The maximum atomic E-state index is 13.6. The molecule has 3 saturated heterocycles. The summed E-state index contributed by atoms with van der Waals surface area (Å²) in [6, 6.07) is 12.7. The lowest BCUT2D eigenvalue weighted by Crippen LogP contribution is -2.68. The number of piperidine rings is 1. The van der Waals surface area contributed by atoms with Gasteiger partial charge in [-0.3, -0.25) is 9.29 Å². The first-order valence-corrected chi connectivity index (χ1v) is 11.9. The van der Waals surface area contributed by atoms with Crippen LogP contribution in [0.1, 0.15) is 23.2 Å². The van der Waals surface area contributed by atoms with E-state index in [2.05, 4.69) is 25.8 Å². The lowest BCUT2D eigenvalue weighted by molar-refractivity contribution is -0.00921. The number of nitrogens with zero attached hydrogens (tertiary/aromatic N) is 5. The number of phenols is 1. The average Bonchev–Trinajstić information content (AvgIpc) is 3.31. The number of alkyl halides is 1. The number of hydrogen-bond acceptors (Lipinski definition) is 6. The number of nitriles is 1. The van der Waals surface area contributed by atoms with E-state index in [0.29, 0.717) is 35.4 Å². The first-order valence-electron chi connectivity index (χ1n) is 11.9. The number of benzene rings is 1. The predicted octanol–water partition coefficient (Wildman–Crippen LogP) is 4.32. The molecule has 4 aromatic rings. The van der Waals surface area contributed by atoms with Crippen molar-refractivity contribution in [2.24, 2.45) is 0 Å². The highest BCUT2D eigenvalue weighted by atomic mass is 19.1. The van der Waals surface area contributed by atoms with Crippen LogP contribution in [0, 0.1) is 17.1 Å². The van der Waals surface area contributed by atoms with Gasteiger partial charge < -0.3 is 15.0 Å². The number of aryl methyl sites for hydroxylation is 1. The first kappa shape index (κ1) is 22.4. The lowest BCUT2D eigenvalue weighted by atomic mass is 9.86. The Morgan fingerprint density at radius 3 is 2.67 bits per heavy atom. The zero-order valence-corrected chi connectivity index (χ0v) is 19.5. The molecule has 182 valence electrons. The molecule has 2 bridgehead atoms. The van der Waals surface area contributed by atoms with E-state index in [1.54, 1.807) is 6.20 Å². The van der Waals surface area contributed by atoms with Gasteiger partial charge >= 0.3 is 0 Å². The van der Waals surface area contributed by atoms with Gasteiger partial charge in [-0.25, -0.2) is 14.4 Å². The highest BCUT2D eigenvalue weighted by Crippen LogP contribution is 2.37. The van der Waals surface area contributed by atoms with Gasteiger partial charge in [0.25, 0.3) is 0 Å². The van der Waals surface area contributed by atoms with Crippen LogP contribution in [0.5, 0.6) is 5.75 Å². The molecule has 3 fully saturated rings. The van der Waals surface area contributed by atoms with E-state index in [1.807, 2.05) is 18.2 Å². The molecule has 3 aromatic heterocycles. The Balaban J connectivity index is 1.21. The van der Waals surface area contributed by atoms with Crippen LogP contribution in [0.25, 0.3) is 22.2 Å². The van der Waals surface area contributed by atoms with Crippen LogP contribution in [0.15, 0.2) is 48.8 Å². The highest BCUT2D eigenvalue weighted by Gasteiger charge is 2.44. The molecule has 3 aliphatic rings. The predicted molar refractivity (Wildman–Crippen MR) is 132 cm³/mol. The Morgan fingerprint density at radius 2 is 1.94 bits per heavy atom. The number of H-pyrrole nitrogens is 1. The van der Waals surface area contributed by atoms with Crippen molar-refractivity contribution >= 4 is 16.9 Å². The Kier molecular flexibility index (Phi) is 5.53. The third-order valence-electron chi connectivity index (χ3n) is 7.30. The van der Waals surface area contributed by atoms with Crippen LogP contribution >= 0.6 is 0 Å². The number of fused-ring (bicyclic) bond motifs is 3. The van der Waals surface area contributed by atoms with Gasteiger partial charge in [0.2, 0.25) is 0 Å². The summed E-state index contributed by atoms with van der Waals surface area (Å²) >= 11 is 0. The molecule has 2 unspecified atom stereocenters. The Morgan fingerprint density at radius 1 is 1.11 bits per heavy atom. The number of halogens is 2. The molecule has 0 radical (unpaired) electrons. The summed E-state index contributed by atoms with van der Waals surface area (Å²) in [5.41, 5.74) is 3.96. The second-order valence-electron chi connectivity index (χ2n) is 9.45. The van der Waals surface area contributed by atoms with Gasteiger partial charge in [0.15, 0.2) is 0 Å². The van der Waals surface area contributed by atoms with E-state index in [9.17, 15) is 19.1 Å². The van der Waals surface area contributed by atoms with Crippen molar-refractivity contribution in [1.29, 1.82) is 5.26 Å². The molecule has 3 aliphatic heterocycles. The summed E-state index contributed by atoms with van der Waals surface area (Å²) in [6.07, 6.45) is 4.64. The number of aromatic nitrogens is 3. The maximum absolute atomic E-state index is 13.6. The molecule has 1 aromatic carbocycles. The second-order valence-corrected chi connectivity index (χ2v) is 9.45. The number of nitrogens with one attached hydrogen (secondary N) is 1. The van der Waals surface area contributed by atoms with Crippen molar-refractivity contribution in [2.45, 2.75) is 31.5 Å². The van der Waals surface area contributed by atoms with Gasteiger partial charge in [-0.15, -0.1) is 0 Å². The minimum Gasteiger partial charge on any atom is -0.508 e. The number of piperazine rings is 1. The van der Waals surface area contributed by atoms with Crippen LogP contribution in [0.3, 0.4) is 0 Å². The van der Waals surface area contributed by atoms with E-state index < -0.39 is 6.67 Å². The number of rotatable bonds is 6. The molecule has 0 amide bonds. The number of anilines is 1. The fourth-order valence-electron chi connectivity index (χ4n) is 5.49. The number of hydrogen-bond donors (Lipinski definition) is 2. The fraction of sp³-hybridized carbons (Fsp3) is 0.296. The van der Waals surface area contributed by atoms with Crippen LogP contribution in [0.2, 0.25) is 0 Å². The van der Waals surface area contributed by atoms with Crippen LogP contribution in [0.4, 0.5) is 14.6 Å². The van der Waals surface area contributed by atoms with Crippen molar-refractivity contribution in [3.05, 3.63) is 71.4 Å². The summed E-state index contributed by atoms with van der Waals surface area (Å²) in [7, 11) is 0. The van der Waals surface area contributed by atoms with Crippen molar-refractivity contribution in [1.82, 2.24) is 19.9 Å². The summed E-state index contributed by atoms with van der Waals surface area (Å²) in [6.45, 7) is 1.65. The monoisotopic (exact) mass is 486 g/mol. The normalized spacial score (nSPS) is 19.3. The molecule has 0 saturated carbocycles. The van der Waals surface area contributed by atoms with Gasteiger partial charge in [-0.2, -0.15) is 5.26 Å². The minimum atomic E-state index is -0.470. The smallest absolute Gasteiger partial charge is 0.138 e. The molecule has 7 rings (SSSR count). The van der Waals surface area contributed by atoms with E-state index in [1.165, 1.54) is 24.4 Å². The number of aromatic hydroxyl groups is 1. The Hall–Kier alpha value is -4.03. The maximum Gasteiger partial charge on any atom is 0.138 e. The number of phenolic OH excluding ortho intramolecular Hbond substituents is 1. The van der Waals surface area contributed by atoms with Crippen LogP contribution in [-0.2, 0) is 13.0 Å². The van der Waals surface area contributed by atoms with Gasteiger partial charge in [0.05, 0.1) is 12.2 Å². The third-order valence-corrected chi connectivity index (χ3v) is 7.30. The molecule has 0 aliphatic carbocycles. The van der Waals surface area contributed by atoms with Crippen molar-refractivity contribution < 1.29 is 13.9 Å². The quantitative estimate of drug-likeness (QED) is 0.422. The van der Waals surface area contributed by atoms with Gasteiger partial charge in [0, 0.05) is 78.3 Å². The molecule has 9 heteroatoms. The minimum absolute atomic E-state index is 0.122. The van der Waals surface area contributed by atoms with Crippen molar-refractivity contribution in [2.75, 3.05) is 24.7 Å². The first-order chi connectivity index (χ1) is 17.5. The zero-order chi connectivity index (χ0) is 24.8. The molecule has 7 nitrogen and oxygen atoms in total. The van der Waals surface area contributed by atoms with Crippen molar-refractivity contribution in [3.63, 3.8) is 0 Å². The molecule has 6 heterocycles. The summed E-state index contributed by atoms with van der Waals surface area (Å²) < 4.78 is 26.5. The van der Waals surface area contributed by atoms with E-state index in [4.69, 9.17) is 4.98 Å². The average molecular weight is 487 g/mol. The Bertz CT molecular complexity index is 1470. The molecule has 0 spiro atoms. The summed E-state index contributed by atoms with van der Waals surface area (Å²) in [5.74, 6) is 0.637. The topological polar surface area (TPSA) is 92.1 Å². The number of aromatic amines is 1. The second kappa shape index (κ2) is 8.88. The van der Waals surface area contributed by atoms with E-state index in [0.717, 1.165) is 47.5 Å². The zero-order valence-electron chi connectivity index (χ0n) is 19.5. The van der Waals surface area contributed by atoms with Crippen LogP contribution < -0.4 is 4.90 Å². The standard InChI is InChI=1S/C27H24F2N6O/c28-6-5-20-8-23-26(18(10-30)12-32-27(23)33-20)16-1-4-25(31-11-16)34-14-21-9-22(15-34)35(21)13-17-7-19(29)2-3-24(17)36/h1-4,7-8,11-12,21-22,36H,5-6,9,13-15H2,(H,32,33). The van der Waals surface area contributed by atoms with Gasteiger partial charge in [-0.05, 0) is 42.8 Å². The fourth-order valence-corrected chi connectivity index (χ4v) is 5.49. The van der Waals surface area contributed by atoms with Gasteiger partial charge in [0.1, 0.15) is 29.1 Å².